The van der Waals surface area contributed by atoms with Crippen molar-refractivity contribution in [2.75, 3.05) is 19.7 Å². The van der Waals surface area contributed by atoms with Gasteiger partial charge in [-0.3, -0.25) is 0 Å². The largest absolute Gasteiger partial charge is 0.488 e. The van der Waals surface area contributed by atoms with Crippen LogP contribution in [0.4, 0.5) is 0 Å². The Hall–Kier alpha value is -2.01. The standard InChI is InChI=1S/C20H21ClN2O2/c21-18-7-8-19(17-6-2-1-5-16(17)18)24-14-20(10-3-4-11-23-20)25-15-9-12-22-13-15/h1-8,10-11,15,22-23H,9,12-14H2/t15?,20-/m1/s1. The highest BCUT2D eigenvalue weighted by Crippen LogP contribution is 2.32. The maximum absolute atomic E-state index is 6.33. The van der Waals surface area contributed by atoms with Crippen molar-refractivity contribution in [1.29, 1.82) is 0 Å². The van der Waals surface area contributed by atoms with E-state index in [9.17, 15) is 0 Å². The van der Waals surface area contributed by atoms with Gasteiger partial charge < -0.3 is 20.1 Å². The van der Waals surface area contributed by atoms with Gasteiger partial charge in [0.15, 0.2) is 5.72 Å². The van der Waals surface area contributed by atoms with E-state index in [0.29, 0.717) is 6.61 Å². The number of hydrogen-bond acceptors (Lipinski definition) is 4. The maximum Gasteiger partial charge on any atom is 0.192 e. The molecule has 130 valence electrons. The molecule has 0 amide bonds. The predicted octanol–water partition coefficient (Wildman–Crippen LogP) is 3.62. The molecule has 2 aliphatic rings. The van der Waals surface area contributed by atoms with Gasteiger partial charge in [0.1, 0.15) is 12.4 Å². The van der Waals surface area contributed by atoms with Crippen LogP contribution in [-0.4, -0.2) is 31.5 Å². The zero-order valence-electron chi connectivity index (χ0n) is 13.9. The summed E-state index contributed by atoms with van der Waals surface area (Å²) in [6, 6.07) is 11.8. The molecule has 2 atom stereocenters. The smallest absolute Gasteiger partial charge is 0.192 e. The summed E-state index contributed by atoms with van der Waals surface area (Å²) in [4.78, 5) is 0. The third kappa shape index (κ3) is 3.52. The summed E-state index contributed by atoms with van der Waals surface area (Å²) in [7, 11) is 0. The average Bonchev–Trinajstić information content (AvgIpc) is 3.15. The van der Waals surface area contributed by atoms with E-state index >= 15 is 0 Å². The van der Waals surface area contributed by atoms with Crippen LogP contribution in [0.1, 0.15) is 6.42 Å². The van der Waals surface area contributed by atoms with E-state index in [1.807, 2.05) is 60.8 Å². The molecule has 1 fully saturated rings. The summed E-state index contributed by atoms with van der Waals surface area (Å²) in [6.07, 6.45) is 9.03. The molecule has 2 aliphatic heterocycles. The SMILES string of the molecule is Clc1ccc(OC[C@]2(OC3CCNC3)C=CC=CN2)c2ccccc12. The Morgan fingerprint density at radius 1 is 1.12 bits per heavy atom. The molecule has 0 radical (unpaired) electrons. The predicted molar refractivity (Wildman–Crippen MR) is 101 cm³/mol. The van der Waals surface area contributed by atoms with E-state index in [1.165, 1.54) is 0 Å². The van der Waals surface area contributed by atoms with Gasteiger partial charge >= 0.3 is 0 Å². The molecule has 0 bridgehead atoms. The summed E-state index contributed by atoms with van der Waals surface area (Å²) >= 11 is 6.30. The van der Waals surface area contributed by atoms with Crippen molar-refractivity contribution in [3.63, 3.8) is 0 Å². The fourth-order valence-corrected chi connectivity index (χ4v) is 3.50. The summed E-state index contributed by atoms with van der Waals surface area (Å²) in [5, 5.41) is 9.37. The van der Waals surface area contributed by atoms with E-state index < -0.39 is 5.72 Å². The molecule has 2 aromatic carbocycles. The normalized spacial score (nSPS) is 25.2. The Bertz CT molecular complexity index is 814. The Labute approximate surface area is 152 Å². The summed E-state index contributed by atoms with van der Waals surface area (Å²) < 4.78 is 12.5. The lowest BCUT2D eigenvalue weighted by Gasteiger charge is -2.35. The van der Waals surface area contributed by atoms with Gasteiger partial charge in [-0.2, -0.15) is 0 Å². The second kappa shape index (κ2) is 7.08. The molecule has 4 nitrogen and oxygen atoms in total. The molecule has 0 aromatic heterocycles. The fraction of sp³-hybridized carbons (Fsp3) is 0.300. The molecule has 2 aromatic rings. The molecule has 2 N–H and O–H groups in total. The highest BCUT2D eigenvalue weighted by Gasteiger charge is 2.33. The molecule has 1 unspecified atom stereocenters. The van der Waals surface area contributed by atoms with Crippen LogP contribution >= 0.6 is 11.6 Å². The van der Waals surface area contributed by atoms with Crippen LogP contribution in [0.2, 0.25) is 5.02 Å². The molecule has 25 heavy (non-hydrogen) atoms. The van der Waals surface area contributed by atoms with Gasteiger partial charge in [0.2, 0.25) is 0 Å². The van der Waals surface area contributed by atoms with Crippen molar-refractivity contribution in [2.45, 2.75) is 18.2 Å². The van der Waals surface area contributed by atoms with Gasteiger partial charge in [0, 0.05) is 22.3 Å². The second-order valence-electron chi connectivity index (χ2n) is 6.36. The Kier molecular flexibility index (Phi) is 4.66. The summed E-state index contributed by atoms with van der Waals surface area (Å²) in [5.41, 5.74) is -0.661. The van der Waals surface area contributed by atoms with Crippen molar-refractivity contribution < 1.29 is 9.47 Å². The van der Waals surface area contributed by atoms with E-state index in [4.69, 9.17) is 21.1 Å². The quantitative estimate of drug-likeness (QED) is 0.858. The summed E-state index contributed by atoms with van der Waals surface area (Å²) in [6.45, 7) is 2.23. The molecule has 0 aliphatic carbocycles. The van der Waals surface area contributed by atoms with Crippen LogP contribution in [0.15, 0.2) is 60.8 Å². The summed E-state index contributed by atoms with van der Waals surface area (Å²) in [5.74, 6) is 0.803. The Balaban J connectivity index is 1.56. The van der Waals surface area contributed by atoms with Crippen molar-refractivity contribution in [3.05, 3.63) is 65.8 Å². The van der Waals surface area contributed by atoms with Crippen LogP contribution in [0, 0.1) is 0 Å². The number of fused-ring (bicyclic) bond motifs is 1. The molecular formula is C20H21ClN2O2. The highest BCUT2D eigenvalue weighted by molar-refractivity contribution is 6.35. The van der Waals surface area contributed by atoms with Crippen molar-refractivity contribution in [3.8, 4) is 5.75 Å². The Morgan fingerprint density at radius 3 is 2.76 bits per heavy atom. The molecule has 0 spiro atoms. The fourth-order valence-electron chi connectivity index (χ4n) is 3.27. The lowest BCUT2D eigenvalue weighted by Crippen LogP contribution is -2.51. The van der Waals surface area contributed by atoms with E-state index in [2.05, 4.69) is 10.6 Å². The van der Waals surface area contributed by atoms with Gasteiger partial charge in [0.05, 0.1) is 6.10 Å². The van der Waals surface area contributed by atoms with Crippen LogP contribution in [0.25, 0.3) is 10.8 Å². The minimum atomic E-state index is -0.661. The van der Waals surface area contributed by atoms with Gasteiger partial charge in [-0.15, -0.1) is 0 Å². The number of dihydropyridines is 1. The molecule has 2 heterocycles. The van der Waals surface area contributed by atoms with Gasteiger partial charge in [-0.05, 0) is 43.5 Å². The van der Waals surface area contributed by atoms with Crippen LogP contribution in [0.5, 0.6) is 5.75 Å². The number of ether oxygens (including phenoxy) is 2. The monoisotopic (exact) mass is 356 g/mol. The van der Waals surface area contributed by atoms with Gasteiger partial charge in [0.25, 0.3) is 0 Å². The van der Waals surface area contributed by atoms with Crippen LogP contribution in [0.3, 0.4) is 0 Å². The number of halogens is 1. The van der Waals surface area contributed by atoms with Crippen LogP contribution < -0.4 is 15.4 Å². The number of rotatable bonds is 5. The highest BCUT2D eigenvalue weighted by atomic mass is 35.5. The first-order chi connectivity index (χ1) is 12.3. The van der Waals surface area contributed by atoms with E-state index in [-0.39, 0.29) is 6.10 Å². The topological polar surface area (TPSA) is 42.5 Å². The minimum Gasteiger partial charge on any atom is -0.488 e. The first-order valence-corrected chi connectivity index (χ1v) is 8.94. The lowest BCUT2D eigenvalue weighted by atomic mass is 10.1. The first-order valence-electron chi connectivity index (χ1n) is 8.56. The third-order valence-corrected chi connectivity index (χ3v) is 4.90. The van der Waals surface area contributed by atoms with Crippen LogP contribution in [-0.2, 0) is 4.74 Å². The second-order valence-corrected chi connectivity index (χ2v) is 6.77. The lowest BCUT2D eigenvalue weighted by molar-refractivity contribution is -0.0902. The molecule has 4 rings (SSSR count). The zero-order chi connectivity index (χ0) is 17.1. The Morgan fingerprint density at radius 2 is 2.00 bits per heavy atom. The molecular weight excluding hydrogens is 336 g/mol. The minimum absolute atomic E-state index is 0.175. The van der Waals surface area contributed by atoms with Gasteiger partial charge in [-0.1, -0.05) is 41.9 Å². The first kappa shape index (κ1) is 16.5. The van der Waals surface area contributed by atoms with E-state index in [1.54, 1.807) is 0 Å². The van der Waals surface area contributed by atoms with Crippen molar-refractivity contribution in [1.82, 2.24) is 10.6 Å². The molecule has 0 saturated carbocycles. The average molecular weight is 357 g/mol. The number of nitrogens with one attached hydrogen (secondary N) is 2. The molecule has 5 heteroatoms. The van der Waals surface area contributed by atoms with Gasteiger partial charge in [-0.25, -0.2) is 0 Å². The maximum atomic E-state index is 6.33. The number of hydrogen-bond donors (Lipinski definition) is 2. The molecule has 1 saturated heterocycles. The zero-order valence-corrected chi connectivity index (χ0v) is 14.6. The number of benzene rings is 2. The number of allylic oxidation sites excluding steroid dienone is 2. The third-order valence-electron chi connectivity index (χ3n) is 4.57. The van der Waals surface area contributed by atoms with Crippen molar-refractivity contribution >= 4 is 22.4 Å². The van der Waals surface area contributed by atoms with E-state index in [0.717, 1.165) is 41.1 Å². The van der Waals surface area contributed by atoms with Crippen molar-refractivity contribution in [2.24, 2.45) is 0 Å².